The highest BCUT2D eigenvalue weighted by Gasteiger charge is 2.14. The van der Waals surface area contributed by atoms with E-state index in [-0.39, 0.29) is 5.92 Å². The lowest BCUT2D eigenvalue weighted by Gasteiger charge is -2.25. The predicted molar refractivity (Wildman–Crippen MR) is 114 cm³/mol. The summed E-state index contributed by atoms with van der Waals surface area (Å²) in [5.74, 6) is 3.57. The lowest BCUT2D eigenvalue weighted by Crippen LogP contribution is -2.40. The number of hydrogen-bond donors (Lipinski definition) is 1. The highest BCUT2D eigenvalue weighted by atomic mass is 16.5. The number of aliphatic imine (C=N–C) groups is 1. The van der Waals surface area contributed by atoms with E-state index in [1.807, 2.05) is 43.4 Å². The third-order valence-electron chi connectivity index (χ3n) is 4.71. The number of rotatable bonds is 8. The van der Waals surface area contributed by atoms with Gasteiger partial charge in [-0.15, -0.1) is 0 Å². The molecule has 2 aromatic carbocycles. The van der Waals surface area contributed by atoms with Crippen LogP contribution in [-0.2, 0) is 6.54 Å². The largest absolute Gasteiger partial charge is 0.497 e. The van der Waals surface area contributed by atoms with Gasteiger partial charge in [-0.1, -0.05) is 25.1 Å². The Morgan fingerprint density at radius 1 is 1.04 bits per heavy atom. The van der Waals surface area contributed by atoms with Crippen LogP contribution in [-0.4, -0.2) is 52.8 Å². The second-order valence-corrected chi connectivity index (χ2v) is 6.60. The van der Waals surface area contributed by atoms with E-state index in [0.29, 0.717) is 6.54 Å². The summed E-state index contributed by atoms with van der Waals surface area (Å²) < 4.78 is 16.3. The highest BCUT2D eigenvalue weighted by Crippen LogP contribution is 2.26. The molecule has 0 amide bonds. The van der Waals surface area contributed by atoms with Crippen molar-refractivity contribution in [3.05, 3.63) is 53.6 Å². The summed E-state index contributed by atoms with van der Waals surface area (Å²) in [7, 11) is 8.81. The Labute approximate surface area is 168 Å². The molecule has 1 unspecified atom stereocenters. The first-order valence-corrected chi connectivity index (χ1v) is 9.29. The van der Waals surface area contributed by atoms with Gasteiger partial charge in [0.25, 0.3) is 0 Å². The van der Waals surface area contributed by atoms with Gasteiger partial charge in [-0.3, -0.25) is 4.99 Å². The summed E-state index contributed by atoms with van der Waals surface area (Å²) in [4.78, 5) is 6.49. The number of nitrogens with one attached hydrogen (secondary N) is 1. The van der Waals surface area contributed by atoms with Crippen molar-refractivity contribution >= 4 is 5.96 Å². The Morgan fingerprint density at radius 2 is 1.75 bits per heavy atom. The van der Waals surface area contributed by atoms with Crippen LogP contribution in [0.2, 0.25) is 0 Å². The van der Waals surface area contributed by atoms with Gasteiger partial charge in [0.15, 0.2) is 5.96 Å². The van der Waals surface area contributed by atoms with Gasteiger partial charge >= 0.3 is 0 Å². The fourth-order valence-electron chi connectivity index (χ4n) is 3.13. The normalized spacial score (nSPS) is 12.3. The van der Waals surface area contributed by atoms with Crippen LogP contribution >= 0.6 is 0 Å². The molecular weight excluding hydrogens is 354 g/mol. The quantitative estimate of drug-likeness (QED) is 0.557. The molecule has 0 heterocycles. The summed E-state index contributed by atoms with van der Waals surface area (Å²) in [6.45, 7) is 3.58. The molecule has 0 saturated carbocycles. The molecule has 152 valence electrons. The molecule has 2 aromatic rings. The Bertz CT molecular complexity index is 792. The Morgan fingerprint density at radius 3 is 2.39 bits per heavy atom. The fourth-order valence-corrected chi connectivity index (χ4v) is 3.13. The van der Waals surface area contributed by atoms with Gasteiger partial charge in [0.2, 0.25) is 0 Å². The molecular formula is C22H31N3O3. The van der Waals surface area contributed by atoms with Crippen LogP contribution in [0.3, 0.4) is 0 Å². The second-order valence-electron chi connectivity index (χ2n) is 6.60. The summed E-state index contributed by atoms with van der Waals surface area (Å²) in [6.07, 6.45) is 0. The van der Waals surface area contributed by atoms with Crippen molar-refractivity contribution in [1.82, 2.24) is 10.2 Å². The van der Waals surface area contributed by atoms with Crippen LogP contribution in [0.15, 0.2) is 47.5 Å². The van der Waals surface area contributed by atoms with E-state index in [1.165, 1.54) is 5.56 Å². The zero-order valence-electron chi connectivity index (χ0n) is 17.7. The van der Waals surface area contributed by atoms with Crippen molar-refractivity contribution in [2.45, 2.75) is 19.4 Å². The molecule has 0 radical (unpaired) electrons. The minimum Gasteiger partial charge on any atom is -0.497 e. The number of methoxy groups -OCH3 is 3. The van der Waals surface area contributed by atoms with Crippen LogP contribution in [0.25, 0.3) is 0 Å². The monoisotopic (exact) mass is 385 g/mol. The highest BCUT2D eigenvalue weighted by molar-refractivity contribution is 5.79. The Balaban J connectivity index is 2.03. The summed E-state index contributed by atoms with van der Waals surface area (Å²) >= 11 is 0. The Kier molecular flexibility index (Phi) is 7.99. The molecule has 0 saturated heterocycles. The van der Waals surface area contributed by atoms with E-state index in [9.17, 15) is 0 Å². The number of hydrogen-bond acceptors (Lipinski definition) is 4. The van der Waals surface area contributed by atoms with Gasteiger partial charge in [-0.2, -0.15) is 0 Å². The van der Waals surface area contributed by atoms with E-state index >= 15 is 0 Å². The third-order valence-corrected chi connectivity index (χ3v) is 4.71. The predicted octanol–water partition coefficient (Wildman–Crippen LogP) is 3.52. The standard InChI is InChI=1S/C22H31N3O3/c1-16(19-9-7-8-10-20(19)27-5)14-24-22(23-2)25(3)15-17-11-12-18(26-4)13-21(17)28-6/h7-13,16H,14-15H2,1-6H3,(H,23,24). The molecule has 0 aliphatic rings. The number of nitrogens with zero attached hydrogens (tertiary/aromatic N) is 2. The van der Waals surface area contributed by atoms with Gasteiger partial charge in [0, 0.05) is 44.7 Å². The molecule has 0 bridgehead atoms. The van der Waals surface area contributed by atoms with Crippen molar-refractivity contribution in [2.75, 3.05) is 42.0 Å². The van der Waals surface area contributed by atoms with Crippen molar-refractivity contribution < 1.29 is 14.2 Å². The maximum atomic E-state index is 5.50. The van der Waals surface area contributed by atoms with Crippen LogP contribution in [0.4, 0.5) is 0 Å². The first-order chi connectivity index (χ1) is 13.5. The average molecular weight is 386 g/mol. The number of guanidine groups is 1. The zero-order valence-corrected chi connectivity index (χ0v) is 17.7. The summed E-state index contributed by atoms with van der Waals surface area (Å²) in [5.41, 5.74) is 2.24. The number of benzene rings is 2. The van der Waals surface area contributed by atoms with Gasteiger partial charge < -0.3 is 24.4 Å². The van der Waals surface area contributed by atoms with Gasteiger partial charge in [0.1, 0.15) is 17.2 Å². The molecule has 28 heavy (non-hydrogen) atoms. The van der Waals surface area contributed by atoms with Crippen molar-refractivity contribution in [1.29, 1.82) is 0 Å². The minimum atomic E-state index is 0.275. The summed E-state index contributed by atoms with van der Waals surface area (Å²) in [6, 6.07) is 13.9. The van der Waals surface area contributed by atoms with Gasteiger partial charge in [-0.05, 0) is 23.8 Å². The zero-order chi connectivity index (χ0) is 20.5. The van der Waals surface area contributed by atoms with E-state index in [4.69, 9.17) is 14.2 Å². The lowest BCUT2D eigenvalue weighted by atomic mass is 10.0. The molecule has 0 aliphatic carbocycles. The average Bonchev–Trinajstić information content (AvgIpc) is 2.74. The Hall–Kier alpha value is -2.89. The molecule has 1 atom stereocenters. The minimum absolute atomic E-state index is 0.275. The fraction of sp³-hybridized carbons (Fsp3) is 0.409. The molecule has 0 fully saturated rings. The first kappa shape index (κ1) is 21.4. The first-order valence-electron chi connectivity index (χ1n) is 9.29. The molecule has 6 heteroatoms. The molecule has 1 N–H and O–H groups in total. The topological polar surface area (TPSA) is 55.3 Å². The van der Waals surface area contributed by atoms with Crippen molar-refractivity contribution in [3.8, 4) is 17.2 Å². The molecule has 0 spiro atoms. The van der Waals surface area contributed by atoms with Gasteiger partial charge in [0.05, 0.1) is 21.3 Å². The number of ether oxygens (including phenoxy) is 3. The molecule has 0 aromatic heterocycles. The second kappa shape index (κ2) is 10.4. The lowest BCUT2D eigenvalue weighted by molar-refractivity contribution is 0.382. The molecule has 0 aliphatic heterocycles. The third kappa shape index (κ3) is 5.31. The SMILES string of the molecule is CN=C(NCC(C)c1ccccc1OC)N(C)Cc1ccc(OC)cc1OC. The smallest absolute Gasteiger partial charge is 0.193 e. The van der Waals surface area contributed by atoms with E-state index < -0.39 is 0 Å². The van der Waals surface area contributed by atoms with Gasteiger partial charge in [-0.25, -0.2) is 0 Å². The van der Waals surface area contributed by atoms with Crippen molar-refractivity contribution in [2.24, 2.45) is 4.99 Å². The van der Waals surface area contributed by atoms with Crippen LogP contribution in [0.1, 0.15) is 24.0 Å². The van der Waals surface area contributed by atoms with E-state index in [0.717, 1.165) is 35.3 Å². The van der Waals surface area contributed by atoms with E-state index in [2.05, 4.69) is 28.2 Å². The van der Waals surface area contributed by atoms with E-state index in [1.54, 1.807) is 28.4 Å². The molecule has 6 nitrogen and oxygen atoms in total. The van der Waals surface area contributed by atoms with Crippen LogP contribution in [0.5, 0.6) is 17.2 Å². The number of para-hydroxylation sites is 1. The summed E-state index contributed by atoms with van der Waals surface area (Å²) in [5, 5.41) is 3.45. The maximum absolute atomic E-state index is 5.50. The molecule has 2 rings (SSSR count). The maximum Gasteiger partial charge on any atom is 0.193 e. The van der Waals surface area contributed by atoms with Crippen LogP contribution < -0.4 is 19.5 Å². The van der Waals surface area contributed by atoms with Crippen LogP contribution in [0, 0.1) is 0 Å². The van der Waals surface area contributed by atoms with Crippen molar-refractivity contribution in [3.63, 3.8) is 0 Å².